The molecule has 0 unspecified atom stereocenters. The van der Waals surface area contributed by atoms with Gasteiger partial charge in [0.15, 0.2) is 0 Å². The monoisotopic (exact) mass is 357 g/mol. The van der Waals surface area contributed by atoms with Crippen molar-refractivity contribution in [2.75, 3.05) is 19.6 Å². The van der Waals surface area contributed by atoms with E-state index in [1.165, 1.54) is 15.9 Å². The Kier molecular flexibility index (Phi) is 5.20. The van der Waals surface area contributed by atoms with Crippen LogP contribution in [0.25, 0.3) is 21.3 Å². The molecule has 1 aromatic carbocycles. The van der Waals surface area contributed by atoms with E-state index in [1.807, 2.05) is 37.3 Å². The fourth-order valence-corrected chi connectivity index (χ4v) is 4.22. The van der Waals surface area contributed by atoms with E-state index in [0.717, 1.165) is 29.1 Å². The molecule has 0 atom stereocenters. The molecule has 3 aromatic rings. The summed E-state index contributed by atoms with van der Waals surface area (Å²) in [7, 11) is 0. The third-order valence-corrected chi connectivity index (χ3v) is 5.63. The summed E-state index contributed by atoms with van der Waals surface area (Å²) in [5.41, 5.74) is 1.41. The lowest BCUT2D eigenvalue weighted by molar-refractivity contribution is 0.287. The van der Waals surface area contributed by atoms with E-state index in [1.54, 1.807) is 0 Å². The van der Waals surface area contributed by atoms with Crippen LogP contribution in [0.4, 0.5) is 0 Å². The van der Waals surface area contributed by atoms with Crippen molar-refractivity contribution in [1.29, 1.82) is 0 Å². The molecule has 0 radical (unpaired) electrons. The minimum absolute atomic E-state index is 0.200. The molecule has 0 fully saturated rings. The normalized spacial score (nSPS) is 11.5. The SMILES string of the molecule is CCN(CC)CCn1c(=O)[nH]c2sc(C)c(-c3ccccc3)c2c1=O. The molecule has 5 nitrogen and oxygen atoms in total. The minimum atomic E-state index is -0.328. The van der Waals surface area contributed by atoms with Gasteiger partial charge in [-0.2, -0.15) is 0 Å². The van der Waals surface area contributed by atoms with Crippen LogP contribution in [0.15, 0.2) is 39.9 Å². The van der Waals surface area contributed by atoms with Gasteiger partial charge in [0, 0.05) is 23.5 Å². The molecule has 1 N–H and O–H groups in total. The van der Waals surface area contributed by atoms with Crippen LogP contribution in [0.1, 0.15) is 18.7 Å². The standard InChI is InChI=1S/C19H23N3O2S/c1-4-21(5-2)11-12-22-18(23)16-15(14-9-7-6-8-10-14)13(3)25-17(16)20-19(22)24/h6-10H,4-5,11-12H2,1-3H3,(H,20,24). The first-order valence-corrected chi connectivity index (χ1v) is 9.42. The molecular formula is C19H23N3O2S. The van der Waals surface area contributed by atoms with Crippen LogP contribution >= 0.6 is 11.3 Å². The van der Waals surface area contributed by atoms with E-state index >= 15 is 0 Å². The number of hydrogen-bond donors (Lipinski definition) is 1. The maximum absolute atomic E-state index is 13.1. The van der Waals surface area contributed by atoms with E-state index in [-0.39, 0.29) is 11.2 Å². The lowest BCUT2D eigenvalue weighted by Gasteiger charge is -2.18. The topological polar surface area (TPSA) is 58.1 Å². The molecular weight excluding hydrogens is 334 g/mol. The minimum Gasteiger partial charge on any atom is -0.302 e. The van der Waals surface area contributed by atoms with Crippen molar-refractivity contribution in [2.24, 2.45) is 0 Å². The summed E-state index contributed by atoms with van der Waals surface area (Å²) in [5, 5.41) is 0.618. The molecule has 0 aliphatic rings. The summed E-state index contributed by atoms with van der Waals surface area (Å²) in [4.78, 5) is 32.3. The molecule has 25 heavy (non-hydrogen) atoms. The maximum Gasteiger partial charge on any atom is 0.329 e. The van der Waals surface area contributed by atoms with Gasteiger partial charge in [0.2, 0.25) is 0 Å². The van der Waals surface area contributed by atoms with E-state index in [9.17, 15) is 9.59 Å². The van der Waals surface area contributed by atoms with E-state index in [2.05, 4.69) is 23.7 Å². The highest BCUT2D eigenvalue weighted by molar-refractivity contribution is 7.19. The fourth-order valence-electron chi connectivity index (χ4n) is 3.17. The molecule has 0 bridgehead atoms. The van der Waals surface area contributed by atoms with Gasteiger partial charge in [-0.05, 0) is 25.6 Å². The Labute approximate surface area is 150 Å². The number of aromatic amines is 1. The van der Waals surface area contributed by atoms with Crippen molar-refractivity contribution >= 4 is 21.6 Å². The van der Waals surface area contributed by atoms with E-state index < -0.39 is 0 Å². The van der Waals surface area contributed by atoms with Crippen molar-refractivity contribution in [3.05, 3.63) is 56.0 Å². The van der Waals surface area contributed by atoms with Crippen molar-refractivity contribution in [2.45, 2.75) is 27.3 Å². The molecule has 132 valence electrons. The Morgan fingerprint density at radius 1 is 1.12 bits per heavy atom. The number of nitrogens with zero attached hydrogens (tertiary/aromatic N) is 2. The second-order valence-corrected chi connectivity index (χ2v) is 7.24. The first kappa shape index (κ1) is 17.6. The molecule has 0 saturated carbocycles. The van der Waals surface area contributed by atoms with Crippen molar-refractivity contribution in [3.8, 4) is 11.1 Å². The number of aryl methyl sites for hydroxylation is 1. The maximum atomic E-state index is 13.1. The summed E-state index contributed by atoms with van der Waals surface area (Å²) in [6.45, 7) is 9.03. The van der Waals surface area contributed by atoms with Crippen molar-refractivity contribution in [3.63, 3.8) is 0 Å². The predicted molar refractivity (Wildman–Crippen MR) is 105 cm³/mol. The lowest BCUT2D eigenvalue weighted by Crippen LogP contribution is -2.39. The third-order valence-electron chi connectivity index (χ3n) is 4.61. The van der Waals surface area contributed by atoms with Gasteiger partial charge in [-0.1, -0.05) is 44.2 Å². The Morgan fingerprint density at radius 3 is 2.44 bits per heavy atom. The van der Waals surface area contributed by atoms with Gasteiger partial charge in [-0.15, -0.1) is 11.3 Å². The number of aromatic nitrogens is 2. The highest BCUT2D eigenvalue weighted by Crippen LogP contribution is 2.34. The summed E-state index contributed by atoms with van der Waals surface area (Å²) < 4.78 is 1.33. The van der Waals surface area contributed by atoms with Gasteiger partial charge in [0.1, 0.15) is 4.83 Å². The molecule has 6 heteroatoms. The molecule has 3 rings (SSSR count). The Bertz CT molecular complexity index is 982. The largest absolute Gasteiger partial charge is 0.329 e. The Hall–Kier alpha value is -2.18. The van der Waals surface area contributed by atoms with Crippen LogP contribution in [0.5, 0.6) is 0 Å². The number of rotatable bonds is 6. The third kappa shape index (κ3) is 3.32. The van der Waals surface area contributed by atoms with Crippen molar-refractivity contribution in [1.82, 2.24) is 14.5 Å². The second kappa shape index (κ2) is 7.37. The highest BCUT2D eigenvalue weighted by atomic mass is 32.1. The second-order valence-electron chi connectivity index (χ2n) is 6.02. The fraction of sp³-hybridized carbons (Fsp3) is 0.368. The Morgan fingerprint density at radius 2 is 1.80 bits per heavy atom. The number of benzene rings is 1. The summed E-state index contributed by atoms with van der Waals surface area (Å²) in [5.74, 6) is 0. The van der Waals surface area contributed by atoms with Crippen LogP contribution in [-0.2, 0) is 6.54 Å². The molecule has 0 aliphatic heterocycles. The number of hydrogen-bond acceptors (Lipinski definition) is 4. The molecule has 0 aliphatic carbocycles. The zero-order chi connectivity index (χ0) is 18.0. The number of thiophene rings is 1. The molecule has 2 heterocycles. The van der Waals surface area contributed by atoms with E-state index in [0.29, 0.717) is 23.3 Å². The lowest BCUT2D eigenvalue weighted by atomic mass is 10.0. The van der Waals surface area contributed by atoms with Gasteiger partial charge in [0.05, 0.1) is 5.39 Å². The van der Waals surface area contributed by atoms with Gasteiger partial charge in [-0.25, -0.2) is 4.79 Å². The van der Waals surface area contributed by atoms with Crippen LogP contribution in [0.2, 0.25) is 0 Å². The van der Waals surface area contributed by atoms with Gasteiger partial charge < -0.3 is 4.90 Å². The number of likely N-dealkylation sites (N-methyl/N-ethyl adjacent to an activating group) is 1. The molecule has 0 amide bonds. The molecule has 0 spiro atoms. The summed E-state index contributed by atoms with van der Waals surface area (Å²) >= 11 is 1.46. The quantitative estimate of drug-likeness (QED) is 0.738. The summed E-state index contributed by atoms with van der Waals surface area (Å²) in [6, 6.07) is 9.88. The molecule has 2 aromatic heterocycles. The number of fused-ring (bicyclic) bond motifs is 1. The van der Waals surface area contributed by atoms with Gasteiger partial charge in [0.25, 0.3) is 5.56 Å². The predicted octanol–water partition coefficient (Wildman–Crippen LogP) is 3.07. The van der Waals surface area contributed by atoms with Gasteiger partial charge in [-0.3, -0.25) is 14.3 Å². The van der Waals surface area contributed by atoms with E-state index in [4.69, 9.17) is 0 Å². The van der Waals surface area contributed by atoms with Crippen LogP contribution in [0.3, 0.4) is 0 Å². The summed E-state index contributed by atoms with van der Waals surface area (Å²) in [6.07, 6.45) is 0. The zero-order valence-electron chi connectivity index (χ0n) is 14.8. The average molecular weight is 357 g/mol. The number of H-pyrrole nitrogens is 1. The average Bonchev–Trinajstić information content (AvgIpc) is 2.94. The first-order chi connectivity index (χ1) is 12.1. The van der Waals surface area contributed by atoms with Crippen LogP contribution in [-0.4, -0.2) is 34.1 Å². The number of nitrogens with one attached hydrogen (secondary N) is 1. The van der Waals surface area contributed by atoms with Crippen molar-refractivity contribution < 1.29 is 0 Å². The van der Waals surface area contributed by atoms with Crippen LogP contribution in [0, 0.1) is 6.92 Å². The first-order valence-electron chi connectivity index (χ1n) is 8.60. The smallest absolute Gasteiger partial charge is 0.302 e. The zero-order valence-corrected chi connectivity index (χ0v) is 15.7. The van der Waals surface area contributed by atoms with Crippen LogP contribution < -0.4 is 11.2 Å². The van der Waals surface area contributed by atoms with Gasteiger partial charge >= 0.3 is 5.69 Å². The Balaban J connectivity index is 2.15. The highest BCUT2D eigenvalue weighted by Gasteiger charge is 2.18. The molecule has 0 saturated heterocycles.